The summed E-state index contributed by atoms with van der Waals surface area (Å²) in [5, 5.41) is 0. The summed E-state index contributed by atoms with van der Waals surface area (Å²) < 4.78 is 38.3. The Morgan fingerprint density at radius 1 is 1.10 bits per heavy atom. The number of pyridine rings is 1. The van der Waals surface area contributed by atoms with Crippen LogP contribution in [-0.4, -0.2) is 61.7 Å². The van der Waals surface area contributed by atoms with Crippen molar-refractivity contribution >= 4 is 34.9 Å². The number of carbonyl (C=O) groups excluding carboxylic acids is 1. The van der Waals surface area contributed by atoms with Gasteiger partial charge in [0.25, 0.3) is 0 Å². The van der Waals surface area contributed by atoms with E-state index in [2.05, 4.69) is 24.6 Å². The molecule has 2 aromatic carbocycles. The normalized spacial score (nSPS) is 12.9. The van der Waals surface area contributed by atoms with Crippen LogP contribution in [-0.2, 0) is 26.1 Å². The number of hydrogen-bond donors (Lipinski definition) is 0. The van der Waals surface area contributed by atoms with Crippen molar-refractivity contribution in [3.05, 3.63) is 66.4 Å². The molecule has 4 aromatic rings. The molecule has 0 aliphatic heterocycles. The molecule has 2 heterocycles. The molecule has 1 unspecified atom stereocenters. The third-order valence-corrected chi connectivity index (χ3v) is 9.83. The Kier molecular flexibility index (Phi) is 9.00. The summed E-state index contributed by atoms with van der Waals surface area (Å²) in [6.07, 6.45) is 2.90. The molecule has 0 saturated heterocycles. The number of hydrogen-bond acceptors (Lipinski definition) is 7. The Bertz CT molecular complexity index is 1630. The molecule has 0 radical (unpaired) electrons. The molecule has 0 saturated carbocycles. The third-order valence-electron chi connectivity index (χ3n) is 7.00. The maximum atomic E-state index is 12.3. The Labute approximate surface area is 243 Å². The van der Waals surface area contributed by atoms with E-state index in [-0.39, 0.29) is 16.8 Å². The lowest BCUT2D eigenvalue weighted by molar-refractivity contribution is -0.129. The number of ether oxygens (including phenoxy) is 2. The number of aromatic nitrogens is 3. The smallest absolute Gasteiger partial charge is 0.219 e. The predicted octanol–water partition coefficient (Wildman–Crippen LogP) is 6.15. The average molecular weight is 595 g/mol. The van der Waals surface area contributed by atoms with Crippen LogP contribution >= 0.6 is 0 Å². The number of rotatable bonds is 11. The minimum atomic E-state index is -3.34. The summed E-state index contributed by atoms with van der Waals surface area (Å²) in [6.45, 7) is 11.4. The average Bonchev–Trinajstić information content (AvgIpc) is 3.26. The van der Waals surface area contributed by atoms with Crippen molar-refractivity contribution in [1.82, 2.24) is 19.4 Å². The van der Waals surface area contributed by atoms with Crippen LogP contribution in [0.5, 0.6) is 11.5 Å². The van der Waals surface area contributed by atoms with Crippen LogP contribution in [0.3, 0.4) is 0 Å². The van der Waals surface area contributed by atoms with Crippen LogP contribution in [0, 0.1) is 0 Å². The Hall–Kier alpha value is -3.54. The van der Waals surface area contributed by atoms with Gasteiger partial charge in [0.2, 0.25) is 5.91 Å². The van der Waals surface area contributed by atoms with Crippen molar-refractivity contribution in [3.8, 4) is 23.0 Å². The van der Waals surface area contributed by atoms with E-state index in [0.29, 0.717) is 41.9 Å². The molecule has 1 atom stereocenters. The molecule has 1 amide bonds. The summed E-state index contributed by atoms with van der Waals surface area (Å²) >= 11 is 0. The first kappa shape index (κ1) is 30.4. The van der Waals surface area contributed by atoms with E-state index in [1.807, 2.05) is 41.8 Å². The highest BCUT2D eigenvalue weighted by Gasteiger charge is 2.23. The monoisotopic (exact) mass is 594 g/mol. The molecular formula is C30H38N4O5SSi. The lowest BCUT2D eigenvalue weighted by atomic mass is 10.0. The standard InChI is InChI=1S/C30H38N4O5SSi/c1-21(33(3)22(2)35)25-18-28-27(19-29(25)39-23-11-13-24(14-12-23)40(4,36)37)32-30(26-10-8-9-15-31-26)34(28)20-38-16-17-41(5,6)7/h8-15,18-19,21H,16-17,20H2,1-7H3. The maximum absolute atomic E-state index is 12.3. The summed E-state index contributed by atoms with van der Waals surface area (Å²) in [4.78, 5) is 23.6. The lowest BCUT2D eigenvalue weighted by Crippen LogP contribution is -2.27. The highest BCUT2D eigenvalue weighted by Crippen LogP contribution is 2.37. The zero-order valence-corrected chi connectivity index (χ0v) is 26.5. The Morgan fingerprint density at radius 3 is 2.39 bits per heavy atom. The van der Waals surface area contributed by atoms with Gasteiger partial charge in [0.05, 0.1) is 22.0 Å². The predicted molar refractivity (Wildman–Crippen MR) is 164 cm³/mol. The van der Waals surface area contributed by atoms with Crippen LogP contribution in [0.25, 0.3) is 22.6 Å². The first-order chi connectivity index (χ1) is 19.2. The van der Waals surface area contributed by atoms with Gasteiger partial charge >= 0.3 is 0 Å². The van der Waals surface area contributed by atoms with Gasteiger partial charge in [-0.1, -0.05) is 25.7 Å². The van der Waals surface area contributed by atoms with E-state index < -0.39 is 17.9 Å². The Morgan fingerprint density at radius 2 is 1.80 bits per heavy atom. The van der Waals surface area contributed by atoms with E-state index in [1.165, 1.54) is 25.3 Å². The minimum Gasteiger partial charge on any atom is -0.457 e. The van der Waals surface area contributed by atoms with Crippen LogP contribution < -0.4 is 4.74 Å². The maximum Gasteiger partial charge on any atom is 0.219 e. The number of imidazole rings is 1. The number of fused-ring (bicyclic) bond motifs is 1. The summed E-state index contributed by atoms with van der Waals surface area (Å²) in [7, 11) is -2.86. The van der Waals surface area contributed by atoms with Crippen molar-refractivity contribution in [2.45, 2.75) is 57.2 Å². The van der Waals surface area contributed by atoms with Crippen LogP contribution in [0.2, 0.25) is 25.7 Å². The van der Waals surface area contributed by atoms with Gasteiger partial charge in [-0.15, -0.1) is 0 Å². The molecule has 0 aliphatic rings. The zero-order chi connectivity index (χ0) is 29.9. The highest BCUT2D eigenvalue weighted by atomic mass is 32.2. The van der Waals surface area contributed by atoms with Gasteiger partial charge in [-0.05, 0) is 55.4 Å². The number of nitrogens with zero attached hydrogens (tertiary/aromatic N) is 4. The molecule has 0 spiro atoms. The van der Waals surface area contributed by atoms with E-state index in [9.17, 15) is 13.2 Å². The summed E-state index contributed by atoms with van der Waals surface area (Å²) in [5.41, 5.74) is 3.01. The highest BCUT2D eigenvalue weighted by molar-refractivity contribution is 7.90. The molecule has 218 valence electrons. The fourth-order valence-corrected chi connectivity index (χ4v) is 5.69. The van der Waals surface area contributed by atoms with Gasteiger partial charge in [0.15, 0.2) is 15.7 Å². The Balaban J connectivity index is 1.83. The van der Waals surface area contributed by atoms with Gasteiger partial charge in [-0.2, -0.15) is 0 Å². The summed E-state index contributed by atoms with van der Waals surface area (Å²) in [5.74, 6) is 1.57. The van der Waals surface area contributed by atoms with Gasteiger partial charge in [0, 0.05) is 52.7 Å². The molecular weight excluding hydrogens is 557 g/mol. The quantitative estimate of drug-likeness (QED) is 0.152. The minimum absolute atomic E-state index is 0.0848. The molecule has 41 heavy (non-hydrogen) atoms. The summed E-state index contributed by atoms with van der Waals surface area (Å²) in [6, 6.07) is 16.5. The lowest BCUT2D eigenvalue weighted by Gasteiger charge is -2.26. The fourth-order valence-electron chi connectivity index (χ4n) is 4.30. The molecule has 0 fully saturated rings. The van der Waals surface area contributed by atoms with Crippen molar-refractivity contribution < 1.29 is 22.7 Å². The van der Waals surface area contributed by atoms with E-state index in [4.69, 9.17) is 14.5 Å². The first-order valence-electron chi connectivity index (χ1n) is 13.5. The van der Waals surface area contributed by atoms with Crippen LogP contribution in [0.4, 0.5) is 0 Å². The second-order valence-electron chi connectivity index (χ2n) is 11.5. The van der Waals surface area contributed by atoms with Crippen molar-refractivity contribution in [3.63, 3.8) is 0 Å². The second kappa shape index (κ2) is 12.1. The number of amides is 1. The molecule has 2 aromatic heterocycles. The number of sulfone groups is 1. The van der Waals surface area contributed by atoms with Crippen molar-refractivity contribution in [2.75, 3.05) is 19.9 Å². The molecule has 9 nitrogen and oxygen atoms in total. The van der Waals surface area contributed by atoms with E-state index >= 15 is 0 Å². The van der Waals surface area contributed by atoms with E-state index in [1.54, 1.807) is 30.3 Å². The van der Waals surface area contributed by atoms with Crippen molar-refractivity contribution in [2.24, 2.45) is 0 Å². The topological polar surface area (TPSA) is 104 Å². The molecule has 4 rings (SSSR count). The van der Waals surface area contributed by atoms with Crippen LogP contribution in [0.15, 0.2) is 65.7 Å². The van der Waals surface area contributed by atoms with Gasteiger partial charge in [-0.25, -0.2) is 13.4 Å². The largest absolute Gasteiger partial charge is 0.457 e. The SMILES string of the molecule is CC(=O)N(C)C(C)c1cc2c(cc1Oc1ccc(S(C)(=O)=O)cc1)nc(-c1ccccn1)n2COCC[Si](C)(C)C. The first-order valence-corrected chi connectivity index (χ1v) is 19.1. The van der Waals surface area contributed by atoms with Gasteiger partial charge in [0.1, 0.15) is 23.9 Å². The van der Waals surface area contributed by atoms with Gasteiger partial charge in [-0.3, -0.25) is 14.3 Å². The molecule has 0 N–H and O–H groups in total. The number of benzene rings is 2. The second-order valence-corrected chi connectivity index (χ2v) is 19.1. The molecule has 0 bridgehead atoms. The zero-order valence-electron chi connectivity index (χ0n) is 24.7. The van der Waals surface area contributed by atoms with E-state index in [0.717, 1.165) is 17.1 Å². The molecule has 11 heteroatoms. The van der Waals surface area contributed by atoms with Crippen molar-refractivity contribution in [1.29, 1.82) is 0 Å². The number of carbonyl (C=O) groups is 1. The van der Waals surface area contributed by atoms with Gasteiger partial charge < -0.3 is 14.4 Å². The molecule has 0 aliphatic carbocycles. The van der Waals surface area contributed by atoms with Crippen LogP contribution in [0.1, 0.15) is 25.5 Å². The fraction of sp³-hybridized carbons (Fsp3) is 0.367. The third kappa shape index (κ3) is 7.40.